The minimum absolute atomic E-state index is 0.0771. The standard InChI is InChI=1S/C16H10BrN5O4/c17-9-1-3-10(4-2-9)20-15(23)13-14(16(20)24)21(19-18-13)11-5-7-12(8-6-11)22(25)26/h1-8,13-14H. The Balaban J connectivity index is 1.65. The van der Waals surface area contributed by atoms with E-state index in [-0.39, 0.29) is 5.69 Å². The molecule has 0 N–H and O–H groups in total. The molecule has 10 heteroatoms. The Hall–Kier alpha value is -3.14. The molecule has 1 saturated heterocycles. The molecule has 130 valence electrons. The Morgan fingerprint density at radius 2 is 1.58 bits per heavy atom. The molecule has 0 radical (unpaired) electrons. The molecule has 0 aromatic heterocycles. The van der Waals surface area contributed by atoms with Crippen molar-refractivity contribution in [3.05, 3.63) is 63.1 Å². The first-order chi connectivity index (χ1) is 12.5. The number of carbonyl (C=O) groups is 2. The van der Waals surface area contributed by atoms with Crippen LogP contribution in [0.5, 0.6) is 0 Å². The fourth-order valence-electron chi connectivity index (χ4n) is 2.95. The number of carbonyl (C=O) groups excluding carboxylic acids is 2. The van der Waals surface area contributed by atoms with Gasteiger partial charge in [-0.1, -0.05) is 21.2 Å². The fourth-order valence-corrected chi connectivity index (χ4v) is 3.21. The predicted octanol–water partition coefficient (Wildman–Crippen LogP) is 2.86. The number of nitrogens with zero attached hydrogens (tertiary/aromatic N) is 5. The Labute approximate surface area is 155 Å². The molecule has 0 spiro atoms. The highest BCUT2D eigenvalue weighted by Gasteiger charge is 2.55. The molecule has 0 aliphatic carbocycles. The molecule has 2 aliphatic heterocycles. The van der Waals surface area contributed by atoms with Gasteiger partial charge < -0.3 is 0 Å². The highest BCUT2D eigenvalue weighted by atomic mass is 79.9. The van der Waals surface area contributed by atoms with Crippen LogP contribution >= 0.6 is 15.9 Å². The number of anilines is 2. The van der Waals surface area contributed by atoms with E-state index < -0.39 is 28.8 Å². The fraction of sp³-hybridized carbons (Fsp3) is 0.125. The second kappa shape index (κ2) is 5.99. The van der Waals surface area contributed by atoms with Crippen LogP contribution in [0.3, 0.4) is 0 Å². The molecular formula is C16H10BrN5O4. The van der Waals surface area contributed by atoms with Gasteiger partial charge in [-0.2, -0.15) is 5.11 Å². The third-order valence-electron chi connectivity index (χ3n) is 4.19. The summed E-state index contributed by atoms with van der Waals surface area (Å²) in [6, 6.07) is 10.5. The van der Waals surface area contributed by atoms with Gasteiger partial charge in [0.05, 0.1) is 16.3 Å². The molecule has 2 aromatic rings. The quantitative estimate of drug-likeness (QED) is 0.434. The molecule has 2 heterocycles. The molecule has 9 nitrogen and oxygen atoms in total. The van der Waals surface area contributed by atoms with Crippen molar-refractivity contribution in [3.63, 3.8) is 0 Å². The summed E-state index contributed by atoms with van der Waals surface area (Å²) >= 11 is 3.31. The molecule has 1 fully saturated rings. The summed E-state index contributed by atoms with van der Waals surface area (Å²) in [6.45, 7) is 0. The van der Waals surface area contributed by atoms with Crippen LogP contribution in [0.2, 0.25) is 0 Å². The predicted molar refractivity (Wildman–Crippen MR) is 94.6 cm³/mol. The Bertz CT molecular complexity index is 944. The van der Waals surface area contributed by atoms with E-state index in [1.54, 1.807) is 24.3 Å². The number of hydrogen-bond acceptors (Lipinski definition) is 7. The lowest BCUT2D eigenvalue weighted by Gasteiger charge is -2.20. The maximum Gasteiger partial charge on any atom is 0.269 e. The van der Waals surface area contributed by atoms with Crippen LogP contribution in [0.15, 0.2) is 63.3 Å². The second-order valence-corrected chi connectivity index (χ2v) is 6.62. The number of halogens is 1. The van der Waals surface area contributed by atoms with Crippen LogP contribution in [0.4, 0.5) is 17.1 Å². The third kappa shape index (κ3) is 2.46. The van der Waals surface area contributed by atoms with E-state index in [9.17, 15) is 19.7 Å². The second-order valence-electron chi connectivity index (χ2n) is 5.70. The molecule has 2 unspecified atom stereocenters. The summed E-state index contributed by atoms with van der Waals surface area (Å²) in [5.74, 6) is -0.888. The molecule has 2 aliphatic rings. The number of imide groups is 1. The van der Waals surface area contributed by atoms with Gasteiger partial charge in [0.25, 0.3) is 17.5 Å². The van der Waals surface area contributed by atoms with E-state index in [0.717, 1.165) is 9.37 Å². The van der Waals surface area contributed by atoms with Gasteiger partial charge in [0.15, 0.2) is 12.1 Å². The SMILES string of the molecule is O=C1C2N=NN(c3ccc([N+](=O)[O-])cc3)C2C(=O)N1c1ccc(Br)cc1. The first-order valence-corrected chi connectivity index (χ1v) is 8.34. The van der Waals surface area contributed by atoms with Crippen molar-refractivity contribution in [1.82, 2.24) is 0 Å². The van der Waals surface area contributed by atoms with Gasteiger partial charge in [-0.05, 0) is 36.4 Å². The van der Waals surface area contributed by atoms with Gasteiger partial charge in [-0.3, -0.25) is 19.7 Å². The van der Waals surface area contributed by atoms with E-state index >= 15 is 0 Å². The summed E-state index contributed by atoms with van der Waals surface area (Å²) in [5, 5.41) is 20.0. The number of fused-ring (bicyclic) bond motifs is 1. The minimum atomic E-state index is -0.929. The Kier molecular flexibility index (Phi) is 3.76. The van der Waals surface area contributed by atoms with Crippen LogP contribution in [0.1, 0.15) is 0 Å². The third-order valence-corrected chi connectivity index (χ3v) is 4.72. The number of nitro benzene ring substituents is 1. The van der Waals surface area contributed by atoms with Crippen LogP contribution in [0, 0.1) is 10.1 Å². The van der Waals surface area contributed by atoms with Crippen molar-refractivity contribution in [3.8, 4) is 0 Å². The average Bonchev–Trinajstić information content (AvgIpc) is 3.17. The molecule has 2 atom stereocenters. The van der Waals surface area contributed by atoms with Crippen molar-refractivity contribution >= 4 is 44.8 Å². The highest BCUT2D eigenvalue weighted by molar-refractivity contribution is 9.10. The monoisotopic (exact) mass is 415 g/mol. The molecule has 0 bridgehead atoms. The van der Waals surface area contributed by atoms with Crippen molar-refractivity contribution < 1.29 is 14.5 Å². The van der Waals surface area contributed by atoms with Gasteiger partial charge in [-0.15, -0.1) is 0 Å². The van der Waals surface area contributed by atoms with Crippen molar-refractivity contribution in [1.29, 1.82) is 0 Å². The van der Waals surface area contributed by atoms with Gasteiger partial charge in [0.2, 0.25) is 0 Å². The lowest BCUT2D eigenvalue weighted by atomic mass is 10.1. The van der Waals surface area contributed by atoms with Crippen LogP contribution in [0.25, 0.3) is 0 Å². The number of nitro groups is 1. The summed E-state index contributed by atoms with van der Waals surface area (Å²) in [6.07, 6.45) is 0. The first-order valence-electron chi connectivity index (χ1n) is 7.55. The van der Waals surface area contributed by atoms with Crippen LogP contribution < -0.4 is 9.91 Å². The van der Waals surface area contributed by atoms with Gasteiger partial charge in [0.1, 0.15) is 0 Å². The molecule has 0 saturated carbocycles. The Morgan fingerprint density at radius 3 is 2.19 bits per heavy atom. The molecular weight excluding hydrogens is 406 g/mol. The van der Waals surface area contributed by atoms with Gasteiger partial charge in [-0.25, -0.2) is 9.91 Å². The highest BCUT2D eigenvalue weighted by Crippen LogP contribution is 2.35. The number of amides is 2. The molecule has 4 rings (SSSR count). The van der Waals surface area contributed by atoms with E-state index in [0.29, 0.717) is 11.4 Å². The maximum atomic E-state index is 12.9. The summed E-state index contributed by atoms with van der Waals surface area (Å²) in [5.41, 5.74) is 0.828. The van der Waals surface area contributed by atoms with E-state index in [4.69, 9.17) is 0 Å². The van der Waals surface area contributed by atoms with Gasteiger partial charge in [0, 0.05) is 16.6 Å². The van der Waals surface area contributed by atoms with Crippen LogP contribution in [-0.4, -0.2) is 28.8 Å². The average molecular weight is 416 g/mol. The zero-order chi connectivity index (χ0) is 18.4. The summed E-state index contributed by atoms with van der Waals surface area (Å²) in [4.78, 5) is 36.8. The van der Waals surface area contributed by atoms with E-state index in [1.807, 2.05) is 0 Å². The number of non-ortho nitro benzene ring substituents is 1. The smallest absolute Gasteiger partial charge is 0.269 e. The molecule has 26 heavy (non-hydrogen) atoms. The lowest BCUT2D eigenvalue weighted by molar-refractivity contribution is -0.384. The summed E-state index contributed by atoms with van der Waals surface area (Å²) < 4.78 is 0.827. The zero-order valence-electron chi connectivity index (χ0n) is 13.0. The number of benzene rings is 2. The topological polar surface area (TPSA) is 108 Å². The van der Waals surface area contributed by atoms with Gasteiger partial charge >= 0.3 is 0 Å². The zero-order valence-corrected chi connectivity index (χ0v) is 14.6. The van der Waals surface area contributed by atoms with Crippen molar-refractivity contribution in [2.24, 2.45) is 10.3 Å². The number of hydrogen-bond donors (Lipinski definition) is 0. The maximum absolute atomic E-state index is 12.9. The van der Waals surface area contributed by atoms with Crippen molar-refractivity contribution in [2.75, 3.05) is 9.91 Å². The largest absolute Gasteiger partial charge is 0.271 e. The molecule has 2 amide bonds. The Morgan fingerprint density at radius 1 is 0.962 bits per heavy atom. The minimum Gasteiger partial charge on any atom is -0.271 e. The van der Waals surface area contributed by atoms with Crippen molar-refractivity contribution in [2.45, 2.75) is 12.1 Å². The lowest BCUT2D eigenvalue weighted by Crippen LogP contribution is -2.39. The molecule has 2 aromatic carbocycles. The first kappa shape index (κ1) is 16.3. The summed E-state index contributed by atoms with van der Waals surface area (Å²) in [7, 11) is 0. The van der Waals surface area contributed by atoms with E-state index in [2.05, 4.69) is 26.3 Å². The number of rotatable bonds is 3. The normalized spacial score (nSPS) is 21.4. The van der Waals surface area contributed by atoms with E-state index in [1.165, 1.54) is 29.3 Å². The van der Waals surface area contributed by atoms with Crippen LogP contribution in [-0.2, 0) is 9.59 Å².